The highest BCUT2D eigenvalue weighted by molar-refractivity contribution is 7.17. The van der Waals surface area contributed by atoms with E-state index in [9.17, 15) is 9.59 Å². The standard InChI is InChI=1S/C23H23ClN2O2S/c24-20-5-1-16(2-6-20)9-11-26-15-19(4-8-22(26)27)23(28)25-14-17-3-7-21-18(13-17)10-12-29-21/h1-3,5-7,10,12-13,19H,4,8-9,11,14-15H2,(H,25,28). The van der Waals surface area contributed by atoms with Gasteiger partial charge in [0.1, 0.15) is 0 Å². The fourth-order valence-corrected chi connectivity index (χ4v) is 4.62. The lowest BCUT2D eigenvalue weighted by Crippen LogP contribution is -2.46. The molecule has 150 valence electrons. The highest BCUT2D eigenvalue weighted by Crippen LogP contribution is 2.22. The van der Waals surface area contributed by atoms with Crippen LogP contribution < -0.4 is 5.32 Å². The van der Waals surface area contributed by atoms with Gasteiger partial charge < -0.3 is 10.2 Å². The van der Waals surface area contributed by atoms with Gasteiger partial charge in [-0.2, -0.15) is 0 Å². The van der Waals surface area contributed by atoms with E-state index in [0.29, 0.717) is 37.5 Å². The number of hydrogen-bond acceptors (Lipinski definition) is 3. The second-order valence-corrected chi connectivity index (χ2v) is 8.85. The molecule has 3 aromatic rings. The Morgan fingerprint density at radius 1 is 1.14 bits per heavy atom. The number of rotatable bonds is 6. The highest BCUT2D eigenvalue weighted by atomic mass is 35.5. The van der Waals surface area contributed by atoms with Crippen molar-refractivity contribution >= 4 is 44.8 Å². The maximum absolute atomic E-state index is 12.7. The molecule has 1 fully saturated rings. The lowest BCUT2D eigenvalue weighted by atomic mass is 9.96. The minimum absolute atomic E-state index is 0.0272. The van der Waals surface area contributed by atoms with Gasteiger partial charge in [0.2, 0.25) is 11.8 Å². The molecule has 1 saturated heterocycles. The third kappa shape index (κ3) is 4.98. The van der Waals surface area contributed by atoms with Crippen LogP contribution in [0.25, 0.3) is 10.1 Å². The van der Waals surface area contributed by atoms with Gasteiger partial charge >= 0.3 is 0 Å². The number of hydrogen-bond donors (Lipinski definition) is 1. The number of carbonyl (C=O) groups is 2. The molecule has 1 unspecified atom stereocenters. The van der Waals surface area contributed by atoms with Gasteiger partial charge in [0.25, 0.3) is 0 Å². The molecule has 2 heterocycles. The number of fused-ring (bicyclic) bond motifs is 1. The summed E-state index contributed by atoms with van der Waals surface area (Å²) < 4.78 is 1.25. The molecule has 1 aliphatic rings. The second kappa shape index (κ2) is 8.97. The van der Waals surface area contributed by atoms with Crippen LogP contribution >= 0.6 is 22.9 Å². The molecule has 1 aliphatic heterocycles. The highest BCUT2D eigenvalue weighted by Gasteiger charge is 2.29. The van der Waals surface area contributed by atoms with Crippen LogP contribution in [0.5, 0.6) is 0 Å². The number of thiophene rings is 1. The van der Waals surface area contributed by atoms with Crippen LogP contribution in [0.4, 0.5) is 0 Å². The molecule has 4 nitrogen and oxygen atoms in total. The normalized spacial score (nSPS) is 16.9. The van der Waals surface area contributed by atoms with Gasteiger partial charge in [0.05, 0.1) is 5.92 Å². The molecule has 2 amide bonds. The molecule has 2 aromatic carbocycles. The Labute approximate surface area is 179 Å². The van der Waals surface area contributed by atoms with Gasteiger partial charge in [0, 0.05) is 35.8 Å². The molecule has 1 N–H and O–H groups in total. The van der Waals surface area contributed by atoms with Gasteiger partial charge in [0.15, 0.2) is 0 Å². The van der Waals surface area contributed by atoms with E-state index in [2.05, 4.69) is 35.0 Å². The number of piperidine rings is 1. The molecule has 6 heteroatoms. The lowest BCUT2D eigenvalue weighted by Gasteiger charge is -2.32. The van der Waals surface area contributed by atoms with Crippen LogP contribution in [0.3, 0.4) is 0 Å². The van der Waals surface area contributed by atoms with Crippen molar-refractivity contribution < 1.29 is 9.59 Å². The smallest absolute Gasteiger partial charge is 0.225 e. The molecule has 4 rings (SSSR count). The minimum atomic E-state index is -0.150. The first kappa shape index (κ1) is 19.9. The molecule has 1 atom stereocenters. The van der Waals surface area contributed by atoms with Crippen LogP contribution in [0.2, 0.25) is 5.02 Å². The van der Waals surface area contributed by atoms with E-state index in [0.717, 1.165) is 17.5 Å². The lowest BCUT2D eigenvalue weighted by molar-refractivity contribution is -0.138. The number of halogens is 1. The van der Waals surface area contributed by atoms with Crippen molar-refractivity contribution in [1.29, 1.82) is 0 Å². The van der Waals surface area contributed by atoms with Gasteiger partial charge in [-0.05, 0) is 65.1 Å². The number of likely N-dealkylation sites (tertiary alicyclic amines) is 1. The van der Waals surface area contributed by atoms with Gasteiger partial charge in [-0.1, -0.05) is 29.8 Å². The first-order valence-electron chi connectivity index (χ1n) is 9.84. The molecule has 0 radical (unpaired) electrons. The van der Waals surface area contributed by atoms with Crippen LogP contribution in [-0.2, 0) is 22.6 Å². The Hall–Kier alpha value is -2.37. The molecule has 1 aromatic heterocycles. The van der Waals surface area contributed by atoms with Crippen molar-refractivity contribution in [3.8, 4) is 0 Å². The number of nitrogens with zero attached hydrogens (tertiary/aromatic N) is 1. The van der Waals surface area contributed by atoms with Gasteiger partial charge in [-0.15, -0.1) is 11.3 Å². The number of amides is 2. The zero-order valence-corrected chi connectivity index (χ0v) is 17.6. The summed E-state index contributed by atoms with van der Waals surface area (Å²) in [6, 6.07) is 16.0. The molecule has 29 heavy (non-hydrogen) atoms. The summed E-state index contributed by atoms with van der Waals surface area (Å²) in [6.07, 6.45) is 1.81. The quantitative estimate of drug-likeness (QED) is 0.623. The predicted molar refractivity (Wildman–Crippen MR) is 118 cm³/mol. The van der Waals surface area contributed by atoms with Gasteiger partial charge in [-0.3, -0.25) is 9.59 Å². The van der Waals surface area contributed by atoms with E-state index >= 15 is 0 Å². The second-order valence-electron chi connectivity index (χ2n) is 7.46. The first-order chi connectivity index (χ1) is 14.1. The average Bonchev–Trinajstić information content (AvgIpc) is 3.20. The molecule has 0 spiro atoms. The number of nitrogens with one attached hydrogen (secondary N) is 1. The zero-order chi connectivity index (χ0) is 20.2. The monoisotopic (exact) mass is 426 g/mol. The molecule has 0 bridgehead atoms. The van der Waals surface area contributed by atoms with Crippen molar-refractivity contribution in [1.82, 2.24) is 10.2 Å². The summed E-state index contributed by atoms with van der Waals surface area (Å²) in [5.74, 6) is 0.00753. The third-order valence-electron chi connectivity index (χ3n) is 5.44. The van der Waals surface area contributed by atoms with Crippen molar-refractivity contribution in [3.63, 3.8) is 0 Å². The van der Waals surface area contributed by atoms with E-state index in [4.69, 9.17) is 11.6 Å². The fraction of sp³-hybridized carbons (Fsp3) is 0.304. The maximum Gasteiger partial charge on any atom is 0.225 e. The summed E-state index contributed by atoms with van der Waals surface area (Å²) in [6.45, 7) is 1.63. The summed E-state index contributed by atoms with van der Waals surface area (Å²) in [5.41, 5.74) is 2.23. The Kier molecular flexibility index (Phi) is 6.16. The number of benzene rings is 2. The van der Waals surface area contributed by atoms with E-state index < -0.39 is 0 Å². The van der Waals surface area contributed by atoms with E-state index in [-0.39, 0.29) is 17.7 Å². The summed E-state index contributed by atoms with van der Waals surface area (Å²) >= 11 is 7.64. The summed E-state index contributed by atoms with van der Waals surface area (Å²) in [5, 5.41) is 7.04. The average molecular weight is 427 g/mol. The Morgan fingerprint density at radius 2 is 1.93 bits per heavy atom. The predicted octanol–water partition coefficient (Wildman–Crippen LogP) is 4.65. The van der Waals surface area contributed by atoms with Crippen LogP contribution in [-0.4, -0.2) is 29.8 Å². The third-order valence-corrected chi connectivity index (χ3v) is 6.59. The van der Waals surface area contributed by atoms with E-state index in [1.165, 1.54) is 10.1 Å². The SMILES string of the molecule is O=C(NCc1ccc2sccc2c1)C1CCC(=O)N(CCc2ccc(Cl)cc2)C1. The van der Waals surface area contributed by atoms with Crippen molar-refractivity contribution in [3.05, 3.63) is 70.1 Å². The first-order valence-corrected chi connectivity index (χ1v) is 11.1. The van der Waals surface area contributed by atoms with Gasteiger partial charge in [-0.25, -0.2) is 0 Å². The molecule has 0 aliphatic carbocycles. The molecular formula is C23H23ClN2O2S. The van der Waals surface area contributed by atoms with E-state index in [1.54, 1.807) is 11.3 Å². The maximum atomic E-state index is 12.7. The molecule has 0 saturated carbocycles. The Morgan fingerprint density at radius 3 is 2.76 bits per heavy atom. The van der Waals surface area contributed by atoms with Crippen LogP contribution in [0, 0.1) is 5.92 Å². The summed E-state index contributed by atoms with van der Waals surface area (Å²) in [7, 11) is 0. The Balaban J connectivity index is 1.31. The van der Waals surface area contributed by atoms with Crippen molar-refractivity contribution in [2.75, 3.05) is 13.1 Å². The minimum Gasteiger partial charge on any atom is -0.352 e. The number of carbonyl (C=O) groups excluding carboxylic acids is 2. The summed E-state index contributed by atoms with van der Waals surface area (Å²) in [4.78, 5) is 26.8. The van der Waals surface area contributed by atoms with Crippen molar-refractivity contribution in [2.24, 2.45) is 5.92 Å². The van der Waals surface area contributed by atoms with Crippen LogP contribution in [0.15, 0.2) is 53.9 Å². The fourth-order valence-electron chi connectivity index (χ4n) is 3.72. The topological polar surface area (TPSA) is 49.4 Å². The largest absolute Gasteiger partial charge is 0.352 e. The van der Waals surface area contributed by atoms with Crippen LogP contribution in [0.1, 0.15) is 24.0 Å². The zero-order valence-electron chi connectivity index (χ0n) is 16.1. The molecular weight excluding hydrogens is 404 g/mol. The van der Waals surface area contributed by atoms with Crippen molar-refractivity contribution in [2.45, 2.75) is 25.8 Å². The van der Waals surface area contributed by atoms with E-state index in [1.807, 2.05) is 29.2 Å². The Bertz CT molecular complexity index is 1020.